The Morgan fingerprint density at radius 1 is 0.247 bits per heavy atom. The van der Waals surface area contributed by atoms with Crippen LogP contribution in [0.4, 0.5) is 0 Å². The van der Waals surface area contributed by atoms with E-state index in [0.29, 0.717) is 0 Å². The molecular formula is C67H46N6. The van der Waals surface area contributed by atoms with Gasteiger partial charge in [-0.25, -0.2) is 0 Å². The Kier molecular flexibility index (Phi) is 8.90. The van der Waals surface area contributed by atoms with Crippen LogP contribution < -0.4 is 0 Å². The molecule has 15 aromatic rings. The highest BCUT2D eigenvalue weighted by atomic mass is 15.1. The maximum Gasteiger partial charge on any atom is 0.0962 e. The number of aromatic nitrogens is 6. The molecule has 0 aliphatic heterocycles. The van der Waals surface area contributed by atoms with Crippen LogP contribution in [0.5, 0.6) is 0 Å². The Bertz CT molecular complexity index is 4570. The molecule has 6 heteroatoms. The molecule has 0 saturated carbocycles. The van der Waals surface area contributed by atoms with E-state index in [0.717, 1.165) is 106 Å². The molecule has 0 saturated heterocycles. The zero-order valence-corrected chi connectivity index (χ0v) is 40.5. The van der Waals surface area contributed by atoms with Crippen LogP contribution in [0.25, 0.3) is 132 Å². The van der Waals surface area contributed by atoms with Gasteiger partial charge in [0.2, 0.25) is 0 Å². The number of pyridine rings is 2. The molecule has 6 aromatic heterocycles. The van der Waals surface area contributed by atoms with Crippen LogP contribution in [0.3, 0.4) is 0 Å². The topological polar surface area (TPSA) is 45.5 Å². The van der Waals surface area contributed by atoms with E-state index in [2.05, 4.69) is 263 Å². The second kappa shape index (κ2) is 15.7. The number of nitrogens with zero attached hydrogens (tertiary/aromatic N) is 6. The largest absolute Gasteiger partial charge is 0.308 e. The summed E-state index contributed by atoms with van der Waals surface area (Å²) in [6.07, 6.45) is 0. The minimum atomic E-state index is 0.864. The Morgan fingerprint density at radius 2 is 0.548 bits per heavy atom. The molecule has 0 bridgehead atoms. The SMILES string of the molecule is Cc1cccc(-c2c(-n3c4ccccc4c4ccccc43)c(-c3ccc(C)nc3C)c(-n3c4ccccc4c4ccccc43)c(-n3c4ccccc4c4ccccc43)c2-n2c3ccccc3c3ccccc32)n1. The first kappa shape index (κ1) is 41.3. The molecule has 0 aliphatic carbocycles. The zero-order chi connectivity index (χ0) is 48.5. The number of fused-ring (bicyclic) bond motifs is 12. The molecule has 344 valence electrons. The lowest BCUT2D eigenvalue weighted by atomic mass is 9.90. The van der Waals surface area contributed by atoms with Gasteiger partial charge in [0.25, 0.3) is 0 Å². The Balaban J connectivity index is 1.37. The van der Waals surface area contributed by atoms with Crippen molar-refractivity contribution in [3.05, 3.63) is 242 Å². The Morgan fingerprint density at radius 3 is 0.890 bits per heavy atom. The van der Waals surface area contributed by atoms with E-state index >= 15 is 0 Å². The molecule has 0 aliphatic rings. The van der Waals surface area contributed by atoms with Gasteiger partial charge in [0.05, 0.1) is 78.1 Å². The highest BCUT2D eigenvalue weighted by Gasteiger charge is 2.36. The third kappa shape index (κ3) is 5.86. The van der Waals surface area contributed by atoms with Gasteiger partial charge in [-0.3, -0.25) is 9.97 Å². The molecule has 0 fully saturated rings. The number of aryl methyl sites for hydroxylation is 3. The summed E-state index contributed by atoms with van der Waals surface area (Å²) in [6, 6.07) is 82.3. The zero-order valence-electron chi connectivity index (χ0n) is 40.5. The van der Waals surface area contributed by atoms with Gasteiger partial charge in [-0.2, -0.15) is 0 Å². The predicted octanol–water partition coefficient (Wildman–Crippen LogP) is 17.1. The number of hydrogen-bond acceptors (Lipinski definition) is 2. The van der Waals surface area contributed by atoms with Crippen LogP contribution in [0.2, 0.25) is 0 Å². The van der Waals surface area contributed by atoms with Crippen molar-refractivity contribution in [2.24, 2.45) is 0 Å². The van der Waals surface area contributed by atoms with Gasteiger partial charge in [-0.15, -0.1) is 0 Å². The molecular weight excluding hydrogens is 889 g/mol. The molecule has 0 atom stereocenters. The van der Waals surface area contributed by atoms with Crippen LogP contribution >= 0.6 is 0 Å². The second-order valence-electron chi connectivity index (χ2n) is 19.4. The van der Waals surface area contributed by atoms with Crippen molar-refractivity contribution in [1.82, 2.24) is 28.2 Å². The number of hydrogen-bond donors (Lipinski definition) is 0. The molecule has 73 heavy (non-hydrogen) atoms. The van der Waals surface area contributed by atoms with Crippen LogP contribution in [0, 0.1) is 20.8 Å². The quantitative estimate of drug-likeness (QED) is 0.167. The van der Waals surface area contributed by atoms with E-state index in [9.17, 15) is 0 Å². The summed E-state index contributed by atoms with van der Waals surface area (Å²) in [7, 11) is 0. The van der Waals surface area contributed by atoms with Crippen molar-refractivity contribution in [2.45, 2.75) is 20.8 Å². The smallest absolute Gasteiger partial charge is 0.0962 e. The molecule has 15 rings (SSSR count). The van der Waals surface area contributed by atoms with Gasteiger partial charge in [0.15, 0.2) is 0 Å². The van der Waals surface area contributed by atoms with Crippen molar-refractivity contribution >= 4 is 87.2 Å². The first-order valence-electron chi connectivity index (χ1n) is 25.1. The van der Waals surface area contributed by atoms with E-state index in [4.69, 9.17) is 9.97 Å². The van der Waals surface area contributed by atoms with Crippen molar-refractivity contribution in [3.63, 3.8) is 0 Å². The monoisotopic (exact) mass is 934 g/mol. The normalized spacial score (nSPS) is 12.0. The fourth-order valence-electron chi connectivity index (χ4n) is 12.4. The first-order valence-corrected chi connectivity index (χ1v) is 25.1. The van der Waals surface area contributed by atoms with Crippen LogP contribution in [0.15, 0.2) is 224 Å². The lowest BCUT2D eigenvalue weighted by molar-refractivity contribution is 1.03. The second-order valence-corrected chi connectivity index (χ2v) is 19.4. The van der Waals surface area contributed by atoms with Crippen molar-refractivity contribution in [2.75, 3.05) is 0 Å². The summed E-state index contributed by atoms with van der Waals surface area (Å²) in [6.45, 7) is 6.38. The molecule has 6 heterocycles. The van der Waals surface area contributed by atoms with E-state index < -0.39 is 0 Å². The van der Waals surface area contributed by atoms with Crippen LogP contribution in [-0.2, 0) is 0 Å². The molecule has 0 radical (unpaired) electrons. The molecule has 6 nitrogen and oxygen atoms in total. The standard InChI is InChI=1S/C67H46N6/c1-41-21-20-30-53(69-41)63-64(70-54-31-12-4-22-45(54)46-23-5-13-32-55(46)70)62(44-40-39-42(2)68-43(44)3)65(71-56-33-14-6-24-47(56)48-25-7-15-34-57(48)71)67(73-60-37-18-10-28-51(60)52-29-11-19-38-61(52)73)66(63)72-58-35-16-8-26-49(58)50-27-9-17-36-59(50)72/h4-40H,1-3H3. The summed E-state index contributed by atoms with van der Waals surface area (Å²) < 4.78 is 10.2. The van der Waals surface area contributed by atoms with E-state index in [1.54, 1.807) is 0 Å². The lowest BCUT2D eigenvalue weighted by Gasteiger charge is -2.31. The maximum absolute atomic E-state index is 5.66. The summed E-state index contributed by atoms with van der Waals surface area (Å²) in [4.78, 5) is 11.0. The molecule has 9 aromatic carbocycles. The summed E-state index contributed by atoms with van der Waals surface area (Å²) in [5, 5.41) is 9.41. The van der Waals surface area contributed by atoms with E-state index in [-0.39, 0.29) is 0 Å². The summed E-state index contributed by atoms with van der Waals surface area (Å²) in [5.74, 6) is 0. The van der Waals surface area contributed by atoms with Crippen molar-refractivity contribution < 1.29 is 0 Å². The predicted molar refractivity (Wildman–Crippen MR) is 304 cm³/mol. The number of benzene rings is 9. The van der Waals surface area contributed by atoms with Gasteiger partial charge in [0, 0.05) is 71.3 Å². The number of rotatable bonds is 6. The molecule has 0 spiro atoms. The fourth-order valence-corrected chi connectivity index (χ4v) is 12.4. The average molecular weight is 935 g/mol. The first-order chi connectivity index (χ1) is 36.0. The Labute approximate surface area is 420 Å². The van der Waals surface area contributed by atoms with E-state index in [1.165, 1.54) is 43.1 Å². The maximum atomic E-state index is 5.66. The third-order valence-corrected chi connectivity index (χ3v) is 15.2. The Hall–Kier alpha value is -9.52. The van der Waals surface area contributed by atoms with Crippen LogP contribution in [-0.4, -0.2) is 28.2 Å². The average Bonchev–Trinajstić information content (AvgIpc) is 4.16. The highest BCUT2D eigenvalue weighted by Crippen LogP contribution is 2.54. The molecule has 0 unspecified atom stereocenters. The molecule has 0 amide bonds. The van der Waals surface area contributed by atoms with E-state index in [1.807, 2.05) is 0 Å². The summed E-state index contributed by atoms with van der Waals surface area (Å²) >= 11 is 0. The van der Waals surface area contributed by atoms with Gasteiger partial charge in [-0.05, 0) is 87.5 Å². The van der Waals surface area contributed by atoms with Gasteiger partial charge >= 0.3 is 0 Å². The highest BCUT2D eigenvalue weighted by molar-refractivity contribution is 6.18. The van der Waals surface area contributed by atoms with Gasteiger partial charge in [0.1, 0.15) is 0 Å². The lowest BCUT2D eigenvalue weighted by Crippen LogP contribution is -2.16. The minimum Gasteiger partial charge on any atom is -0.308 e. The third-order valence-electron chi connectivity index (χ3n) is 15.2. The van der Waals surface area contributed by atoms with Crippen molar-refractivity contribution in [1.29, 1.82) is 0 Å². The van der Waals surface area contributed by atoms with Gasteiger partial charge in [-0.1, -0.05) is 158 Å². The molecule has 0 N–H and O–H groups in total. The van der Waals surface area contributed by atoms with Crippen LogP contribution in [0.1, 0.15) is 17.1 Å². The summed E-state index contributed by atoms with van der Waals surface area (Å²) in [5.41, 5.74) is 19.7. The van der Waals surface area contributed by atoms with Crippen molar-refractivity contribution in [3.8, 4) is 45.1 Å². The number of para-hydroxylation sites is 8. The fraction of sp³-hybridized carbons (Fsp3) is 0.0448. The van der Waals surface area contributed by atoms with Gasteiger partial charge < -0.3 is 18.3 Å². The minimum absolute atomic E-state index is 0.864.